The molecule has 0 saturated heterocycles. The minimum atomic E-state index is -0.145. The Labute approximate surface area is 115 Å². The molecular weight excluding hydrogens is 240 g/mol. The predicted molar refractivity (Wildman–Crippen MR) is 77.2 cm³/mol. The number of hydrogen-bond donors (Lipinski definition) is 3. The number of benzene rings is 1. The van der Waals surface area contributed by atoms with Crippen molar-refractivity contribution in [1.82, 2.24) is 5.32 Å². The lowest BCUT2D eigenvalue weighted by Gasteiger charge is -2.16. The number of rotatable bonds is 7. The number of carbonyl (C=O) groups excluding carboxylic acids is 1. The molecule has 1 rings (SSSR count). The molecule has 19 heavy (non-hydrogen) atoms. The molecule has 0 aliphatic rings. The molecule has 0 bridgehead atoms. The zero-order chi connectivity index (χ0) is 14.3. The van der Waals surface area contributed by atoms with Crippen molar-refractivity contribution in [2.75, 3.05) is 13.1 Å². The number of nitrogens with two attached hydrogens (primary N) is 1. The van der Waals surface area contributed by atoms with Crippen LogP contribution in [0.2, 0.25) is 0 Å². The Balaban J connectivity index is 2.56. The number of aryl methyl sites for hydroxylation is 1. The lowest BCUT2D eigenvalue weighted by molar-refractivity contribution is 0.0945. The van der Waals surface area contributed by atoms with Crippen molar-refractivity contribution >= 4 is 5.91 Å². The molecule has 0 saturated carbocycles. The van der Waals surface area contributed by atoms with Crippen LogP contribution in [0.1, 0.15) is 42.1 Å². The van der Waals surface area contributed by atoms with Crippen LogP contribution in [0.15, 0.2) is 18.2 Å². The van der Waals surface area contributed by atoms with Crippen LogP contribution in [0.25, 0.3) is 0 Å². The molecule has 0 radical (unpaired) electrons. The van der Waals surface area contributed by atoms with Gasteiger partial charge < -0.3 is 16.2 Å². The molecule has 1 atom stereocenters. The summed E-state index contributed by atoms with van der Waals surface area (Å²) in [7, 11) is 0. The van der Waals surface area contributed by atoms with Gasteiger partial charge in [0.2, 0.25) is 0 Å². The highest BCUT2D eigenvalue weighted by Crippen LogP contribution is 2.17. The summed E-state index contributed by atoms with van der Waals surface area (Å²) in [5.74, 6) is 0.436. The van der Waals surface area contributed by atoms with Crippen molar-refractivity contribution in [2.45, 2.75) is 33.1 Å². The van der Waals surface area contributed by atoms with E-state index in [1.807, 2.05) is 0 Å². The lowest BCUT2D eigenvalue weighted by Crippen LogP contribution is -2.30. The summed E-state index contributed by atoms with van der Waals surface area (Å²) in [6, 6.07) is 4.97. The van der Waals surface area contributed by atoms with Crippen LogP contribution in [0.5, 0.6) is 5.75 Å². The standard InChI is InChI=1S/C15H24N2O2/c1-3-4-12(7-8-16)10-17-15(19)13-6-5-11(2)14(18)9-13/h5-6,9,12,18H,3-4,7-8,10,16H2,1-2H3,(H,17,19). The van der Waals surface area contributed by atoms with Gasteiger partial charge in [0.15, 0.2) is 0 Å². The molecule has 1 amide bonds. The van der Waals surface area contributed by atoms with Crippen LogP contribution >= 0.6 is 0 Å². The second kappa shape index (κ2) is 7.79. The first-order valence-electron chi connectivity index (χ1n) is 6.86. The van der Waals surface area contributed by atoms with Gasteiger partial charge in [0.1, 0.15) is 5.75 Å². The van der Waals surface area contributed by atoms with Gasteiger partial charge in [-0.05, 0) is 49.9 Å². The van der Waals surface area contributed by atoms with Gasteiger partial charge in [0.25, 0.3) is 5.91 Å². The maximum atomic E-state index is 12.0. The Hall–Kier alpha value is -1.55. The Morgan fingerprint density at radius 3 is 2.74 bits per heavy atom. The molecule has 0 spiro atoms. The summed E-state index contributed by atoms with van der Waals surface area (Å²) in [5, 5.41) is 12.5. The normalized spacial score (nSPS) is 12.2. The molecule has 0 heterocycles. The van der Waals surface area contributed by atoms with Crippen molar-refractivity contribution in [3.63, 3.8) is 0 Å². The molecular formula is C15H24N2O2. The van der Waals surface area contributed by atoms with Crippen LogP contribution in [0.4, 0.5) is 0 Å². The smallest absolute Gasteiger partial charge is 0.251 e. The summed E-state index contributed by atoms with van der Waals surface area (Å²) in [5.41, 5.74) is 6.83. The molecule has 4 nitrogen and oxygen atoms in total. The number of phenolic OH excluding ortho intramolecular Hbond substituents is 1. The monoisotopic (exact) mass is 264 g/mol. The first kappa shape index (κ1) is 15.5. The van der Waals surface area contributed by atoms with Gasteiger partial charge in [-0.25, -0.2) is 0 Å². The summed E-state index contributed by atoms with van der Waals surface area (Å²) in [6.07, 6.45) is 3.08. The van der Waals surface area contributed by atoms with Gasteiger partial charge in [-0.2, -0.15) is 0 Å². The van der Waals surface area contributed by atoms with Crippen LogP contribution in [0, 0.1) is 12.8 Å². The highest BCUT2D eigenvalue weighted by atomic mass is 16.3. The Morgan fingerprint density at radius 2 is 2.16 bits per heavy atom. The summed E-state index contributed by atoms with van der Waals surface area (Å²) < 4.78 is 0. The molecule has 106 valence electrons. The molecule has 1 aromatic rings. The largest absolute Gasteiger partial charge is 0.508 e. The fourth-order valence-corrected chi connectivity index (χ4v) is 2.08. The van der Waals surface area contributed by atoms with E-state index in [9.17, 15) is 9.90 Å². The van der Waals surface area contributed by atoms with E-state index >= 15 is 0 Å². The van der Waals surface area contributed by atoms with Gasteiger partial charge in [0, 0.05) is 12.1 Å². The number of nitrogens with one attached hydrogen (secondary N) is 1. The van der Waals surface area contributed by atoms with Crippen molar-refractivity contribution < 1.29 is 9.90 Å². The third kappa shape index (κ3) is 4.91. The van der Waals surface area contributed by atoms with E-state index < -0.39 is 0 Å². The van der Waals surface area contributed by atoms with Crippen LogP contribution in [-0.2, 0) is 0 Å². The molecule has 0 aliphatic carbocycles. The zero-order valence-corrected chi connectivity index (χ0v) is 11.8. The van der Waals surface area contributed by atoms with Gasteiger partial charge in [-0.15, -0.1) is 0 Å². The van der Waals surface area contributed by atoms with Crippen molar-refractivity contribution in [3.05, 3.63) is 29.3 Å². The maximum Gasteiger partial charge on any atom is 0.251 e. The third-order valence-electron chi connectivity index (χ3n) is 3.29. The van der Waals surface area contributed by atoms with Crippen molar-refractivity contribution in [1.29, 1.82) is 0 Å². The topological polar surface area (TPSA) is 75.3 Å². The minimum absolute atomic E-state index is 0.145. The number of phenols is 1. The summed E-state index contributed by atoms with van der Waals surface area (Å²) in [4.78, 5) is 12.0. The zero-order valence-electron chi connectivity index (χ0n) is 11.8. The molecule has 0 aromatic heterocycles. The van der Waals surface area contributed by atoms with E-state index in [4.69, 9.17) is 5.73 Å². The van der Waals surface area contributed by atoms with Gasteiger partial charge >= 0.3 is 0 Å². The second-order valence-electron chi connectivity index (χ2n) is 4.94. The lowest BCUT2D eigenvalue weighted by atomic mass is 9.99. The molecule has 1 aromatic carbocycles. The number of carbonyl (C=O) groups is 1. The number of hydrogen-bond acceptors (Lipinski definition) is 3. The van der Waals surface area contributed by atoms with E-state index in [1.54, 1.807) is 19.1 Å². The Morgan fingerprint density at radius 1 is 1.42 bits per heavy atom. The predicted octanol–water partition coefficient (Wildman–Crippen LogP) is 2.20. The maximum absolute atomic E-state index is 12.0. The fourth-order valence-electron chi connectivity index (χ4n) is 2.08. The molecule has 4 heteroatoms. The quantitative estimate of drug-likeness (QED) is 0.706. The Kier molecular flexibility index (Phi) is 6.36. The highest BCUT2D eigenvalue weighted by Gasteiger charge is 2.11. The number of aromatic hydroxyl groups is 1. The highest BCUT2D eigenvalue weighted by molar-refractivity contribution is 5.94. The molecule has 1 unspecified atom stereocenters. The summed E-state index contributed by atoms with van der Waals surface area (Å²) >= 11 is 0. The van der Waals surface area contributed by atoms with E-state index in [2.05, 4.69) is 12.2 Å². The second-order valence-corrected chi connectivity index (χ2v) is 4.94. The van der Waals surface area contributed by atoms with Crippen LogP contribution < -0.4 is 11.1 Å². The van der Waals surface area contributed by atoms with Gasteiger partial charge in [0.05, 0.1) is 0 Å². The van der Waals surface area contributed by atoms with Crippen molar-refractivity contribution in [3.8, 4) is 5.75 Å². The first-order valence-corrected chi connectivity index (χ1v) is 6.86. The molecule has 0 fully saturated rings. The summed E-state index contributed by atoms with van der Waals surface area (Å²) in [6.45, 7) is 5.21. The average Bonchev–Trinajstić information content (AvgIpc) is 2.39. The van der Waals surface area contributed by atoms with Crippen LogP contribution in [-0.4, -0.2) is 24.1 Å². The SMILES string of the molecule is CCCC(CCN)CNC(=O)c1ccc(C)c(O)c1. The minimum Gasteiger partial charge on any atom is -0.508 e. The van der Waals surface area contributed by atoms with E-state index in [0.29, 0.717) is 24.6 Å². The molecule has 0 aliphatic heterocycles. The average molecular weight is 264 g/mol. The van der Waals surface area contributed by atoms with E-state index in [0.717, 1.165) is 24.8 Å². The number of amides is 1. The van der Waals surface area contributed by atoms with E-state index in [-0.39, 0.29) is 11.7 Å². The van der Waals surface area contributed by atoms with Gasteiger partial charge in [-0.1, -0.05) is 19.4 Å². The molecule has 4 N–H and O–H groups in total. The van der Waals surface area contributed by atoms with Crippen molar-refractivity contribution in [2.24, 2.45) is 11.7 Å². The van der Waals surface area contributed by atoms with Crippen LogP contribution in [0.3, 0.4) is 0 Å². The Bertz CT molecular complexity index is 413. The third-order valence-corrected chi connectivity index (χ3v) is 3.29. The van der Waals surface area contributed by atoms with E-state index in [1.165, 1.54) is 6.07 Å². The fraction of sp³-hybridized carbons (Fsp3) is 0.533. The van der Waals surface area contributed by atoms with Gasteiger partial charge in [-0.3, -0.25) is 4.79 Å². The first-order chi connectivity index (χ1) is 9.08.